The molecule has 0 bridgehead atoms. The van der Waals surface area contributed by atoms with E-state index in [0.717, 1.165) is 0 Å². The molecule has 6 heteroatoms. The summed E-state index contributed by atoms with van der Waals surface area (Å²) in [4.78, 5) is 10.5. The molecule has 0 saturated carbocycles. The van der Waals surface area contributed by atoms with Gasteiger partial charge in [-0.05, 0) is 17.7 Å². The van der Waals surface area contributed by atoms with Crippen LogP contribution in [0.1, 0.15) is 15.9 Å². The van der Waals surface area contributed by atoms with E-state index in [-0.39, 0.29) is 5.71 Å². The zero-order chi connectivity index (χ0) is 13.5. The molecular formula is C12H11Cl2NO3. The Morgan fingerprint density at radius 3 is 2.67 bits per heavy atom. The maximum absolute atomic E-state index is 11.5. The van der Waals surface area contributed by atoms with Gasteiger partial charge in [-0.2, -0.15) is 0 Å². The van der Waals surface area contributed by atoms with Crippen molar-refractivity contribution in [2.45, 2.75) is 4.84 Å². The number of carbonyl (C=O) groups is 1. The largest absolute Gasteiger partial charge is 0.465 e. The molecule has 1 N–H and O–H groups in total. The molecule has 18 heavy (non-hydrogen) atoms. The van der Waals surface area contributed by atoms with Gasteiger partial charge in [-0.3, -0.25) is 0 Å². The lowest BCUT2D eigenvalue weighted by atomic mass is 10.1. The van der Waals surface area contributed by atoms with E-state index in [0.29, 0.717) is 11.1 Å². The van der Waals surface area contributed by atoms with E-state index in [1.807, 2.05) is 0 Å². The lowest BCUT2D eigenvalue weighted by Gasteiger charge is -2.03. The van der Waals surface area contributed by atoms with E-state index in [1.165, 1.54) is 13.2 Å². The standard InChI is InChI=1S/C12H11Cl2NO3/c1-18-12(16)9-5-3-2-4-8(9)6-7-10(15-17)11(13)14/h2-7,11,17H,1H3/b7-6+,15-10-. The Hall–Kier alpha value is -1.52. The van der Waals surface area contributed by atoms with Crippen LogP contribution in [-0.2, 0) is 4.74 Å². The molecule has 0 amide bonds. The molecule has 0 unspecified atom stereocenters. The third-order valence-corrected chi connectivity index (χ3v) is 2.59. The van der Waals surface area contributed by atoms with Crippen LogP contribution >= 0.6 is 23.2 Å². The van der Waals surface area contributed by atoms with Crippen molar-refractivity contribution in [1.82, 2.24) is 0 Å². The summed E-state index contributed by atoms with van der Waals surface area (Å²) in [5.74, 6) is -0.453. The minimum Gasteiger partial charge on any atom is -0.465 e. The molecule has 1 rings (SSSR count). The van der Waals surface area contributed by atoms with E-state index in [9.17, 15) is 4.79 Å². The molecule has 96 valence electrons. The van der Waals surface area contributed by atoms with Gasteiger partial charge in [0.05, 0.1) is 12.7 Å². The van der Waals surface area contributed by atoms with Crippen LogP contribution in [0.4, 0.5) is 0 Å². The Balaban J connectivity index is 3.04. The Bertz CT molecular complexity index is 484. The second kappa shape index (κ2) is 7.03. The highest BCUT2D eigenvalue weighted by Crippen LogP contribution is 2.13. The minimum absolute atomic E-state index is 0.0815. The van der Waals surface area contributed by atoms with Crippen molar-refractivity contribution >= 4 is 41.0 Å². The Kier molecular flexibility index (Phi) is 5.68. The number of methoxy groups -OCH3 is 1. The van der Waals surface area contributed by atoms with Crippen LogP contribution in [0.5, 0.6) is 0 Å². The third kappa shape index (κ3) is 3.75. The maximum Gasteiger partial charge on any atom is 0.338 e. The number of allylic oxidation sites excluding steroid dienone is 1. The fourth-order valence-corrected chi connectivity index (χ4v) is 1.50. The molecule has 0 atom stereocenters. The Morgan fingerprint density at radius 2 is 2.11 bits per heavy atom. The molecule has 1 aromatic carbocycles. The lowest BCUT2D eigenvalue weighted by molar-refractivity contribution is 0.0600. The summed E-state index contributed by atoms with van der Waals surface area (Å²) in [5, 5.41) is 11.6. The molecule has 0 heterocycles. The van der Waals surface area contributed by atoms with E-state index in [4.69, 9.17) is 28.4 Å². The summed E-state index contributed by atoms with van der Waals surface area (Å²) >= 11 is 11.1. The van der Waals surface area contributed by atoms with Crippen molar-refractivity contribution in [3.05, 3.63) is 41.5 Å². The van der Waals surface area contributed by atoms with Gasteiger partial charge in [0, 0.05) is 0 Å². The predicted molar refractivity (Wildman–Crippen MR) is 71.5 cm³/mol. The van der Waals surface area contributed by atoms with Gasteiger partial charge in [-0.25, -0.2) is 4.79 Å². The highest BCUT2D eigenvalue weighted by molar-refractivity contribution is 6.55. The number of hydrogen-bond acceptors (Lipinski definition) is 4. The molecule has 1 aromatic rings. The van der Waals surface area contributed by atoms with Crippen LogP contribution < -0.4 is 0 Å². The van der Waals surface area contributed by atoms with Crippen LogP contribution in [0, 0.1) is 0 Å². The predicted octanol–water partition coefficient (Wildman–Crippen LogP) is 3.12. The normalized spacial score (nSPS) is 12.1. The van der Waals surface area contributed by atoms with Gasteiger partial charge < -0.3 is 9.94 Å². The second-order valence-electron chi connectivity index (χ2n) is 3.24. The monoisotopic (exact) mass is 287 g/mol. The number of ether oxygens (including phenoxy) is 1. The SMILES string of the molecule is COC(=O)c1ccccc1/C=C/C(=N/O)C(Cl)Cl. The molecule has 0 radical (unpaired) electrons. The molecule has 0 aromatic heterocycles. The number of esters is 1. The minimum atomic E-state index is -0.948. The topological polar surface area (TPSA) is 58.9 Å². The van der Waals surface area contributed by atoms with Gasteiger partial charge in [0.2, 0.25) is 0 Å². The third-order valence-electron chi connectivity index (χ3n) is 2.14. The number of rotatable bonds is 4. The van der Waals surface area contributed by atoms with Crippen LogP contribution in [-0.4, -0.2) is 28.8 Å². The molecule has 4 nitrogen and oxygen atoms in total. The van der Waals surface area contributed by atoms with Crippen LogP contribution in [0.25, 0.3) is 6.08 Å². The van der Waals surface area contributed by atoms with E-state index in [1.54, 1.807) is 30.3 Å². The smallest absolute Gasteiger partial charge is 0.338 e. The number of hydrogen-bond donors (Lipinski definition) is 1. The number of benzene rings is 1. The van der Waals surface area contributed by atoms with Gasteiger partial charge in [0.15, 0.2) is 4.84 Å². The summed E-state index contributed by atoms with van der Waals surface area (Å²) in [5.41, 5.74) is 1.09. The number of alkyl halides is 2. The molecule has 0 spiro atoms. The van der Waals surface area contributed by atoms with Gasteiger partial charge in [-0.1, -0.05) is 52.6 Å². The highest BCUT2D eigenvalue weighted by Gasteiger charge is 2.10. The van der Waals surface area contributed by atoms with Crippen LogP contribution in [0.3, 0.4) is 0 Å². The molecule has 0 aliphatic heterocycles. The summed E-state index contributed by atoms with van der Waals surface area (Å²) in [6.45, 7) is 0. The summed E-state index contributed by atoms with van der Waals surface area (Å²) in [6.07, 6.45) is 2.99. The van der Waals surface area contributed by atoms with Crippen LogP contribution in [0.15, 0.2) is 35.5 Å². The summed E-state index contributed by atoms with van der Waals surface area (Å²) in [6, 6.07) is 6.83. The highest BCUT2D eigenvalue weighted by atomic mass is 35.5. The first-order valence-electron chi connectivity index (χ1n) is 4.95. The fraction of sp³-hybridized carbons (Fsp3) is 0.167. The fourth-order valence-electron chi connectivity index (χ4n) is 1.26. The number of oxime groups is 1. The first-order valence-corrected chi connectivity index (χ1v) is 5.83. The van der Waals surface area contributed by atoms with Crippen molar-refractivity contribution < 1.29 is 14.7 Å². The van der Waals surface area contributed by atoms with Gasteiger partial charge in [0.1, 0.15) is 5.71 Å². The van der Waals surface area contributed by atoms with Crippen molar-refractivity contribution in [1.29, 1.82) is 0 Å². The average Bonchev–Trinajstić information content (AvgIpc) is 2.38. The Morgan fingerprint density at radius 1 is 1.44 bits per heavy atom. The number of carbonyl (C=O) groups excluding carboxylic acids is 1. The quantitative estimate of drug-likeness (QED) is 0.304. The summed E-state index contributed by atoms with van der Waals surface area (Å²) < 4.78 is 4.65. The van der Waals surface area contributed by atoms with Gasteiger partial charge in [0.25, 0.3) is 0 Å². The van der Waals surface area contributed by atoms with E-state index in [2.05, 4.69) is 9.89 Å². The zero-order valence-electron chi connectivity index (χ0n) is 9.51. The molecule has 0 aliphatic rings. The van der Waals surface area contributed by atoms with Crippen molar-refractivity contribution in [2.75, 3.05) is 7.11 Å². The second-order valence-corrected chi connectivity index (χ2v) is 4.33. The van der Waals surface area contributed by atoms with Crippen molar-refractivity contribution in [2.24, 2.45) is 5.16 Å². The number of nitrogens with zero attached hydrogens (tertiary/aromatic N) is 1. The van der Waals surface area contributed by atoms with Crippen molar-refractivity contribution in [3.8, 4) is 0 Å². The lowest BCUT2D eigenvalue weighted by Crippen LogP contribution is -2.05. The first-order chi connectivity index (χ1) is 8.60. The van der Waals surface area contributed by atoms with E-state index >= 15 is 0 Å². The first kappa shape index (κ1) is 14.5. The van der Waals surface area contributed by atoms with Gasteiger partial charge >= 0.3 is 5.97 Å². The van der Waals surface area contributed by atoms with E-state index < -0.39 is 10.8 Å². The molecular weight excluding hydrogens is 277 g/mol. The average molecular weight is 288 g/mol. The zero-order valence-corrected chi connectivity index (χ0v) is 11.0. The number of halogens is 2. The summed E-state index contributed by atoms with van der Waals surface area (Å²) in [7, 11) is 1.30. The van der Waals surface area contributed by atoms with Crippen LogP contribution in [0.2, 0.25) is 0 Å². The van der Waals surface area contributed by atoms with Crippen molar-refractivity contribution in [3.63, 3.8) is 0 Å². The van der Waals surface area contributed by atoms with Gasteiger partial charge in [-0.15, -0.1) is 0 Å². The Labute approximate surface area is 114 Å². The maximum atomic E-state index is 11.5. The molecule has 0 saturated heterocycles. The molecule has 0 aliphatic carbocycles. The molecule has 0 fully saturated rings.